The summed E-state index contributed by atoms with van der Waals surface area (Å²) in [4.78, 5) is 27.7. The first-order chi connectivity index (χ1) is 17.8. The normalized spacial score (nSPS) is 16.8. The third-order valence-electron chi connectivity index (χ3n) is 6.17. The minimum Gasteiger partial charge on any atom is -0.507 e. The Morgan fingerprint density at radius 1 is 0.946 bits per heavy atom. The number of aryl methyl sites for hydroxylation is 3. The molecule has 1 saturated heterocycles. The first kappa shape index (κ1) is 24.4. The second kappa shape index (κ2) is 9.99. The highest BCUT2D eigenvalue weighted by molar-refractivity contribution is 7.15. The van der Waals surface area contributed by atoms with Crippen LogP contribution in [0, 0.1) is 20.8 Å². The number of amides is 1. The molecule has 4 aromatic rings. The highest BCUT2D eigenvalue weighted by Crippen LogP contribution is 2.43. The van der Waals surface area contributed by atoms with E-state index in [0.717, 1.165) is 16.7 Å². The van der Waals surface area contributed by atoms with Crippen molar-refractivity contribution in [2.75, 3.05) is 4.90 Å². The Balaban J connectivity index is 1.50. The van der Waals surface area contributed by atoms with Gasteiger partial charge in [-0.15, -0.1) is 10.2 Å². The van der Waals surface area contributed by atoms with E-state index in [2.05, 4.69) is 16.3 Å². The first-order valence-corrected chi connectivity index (χ1v) is 12.6. The Morgan fingerprint density at radius 3 is 2.32 bits per heavy atom. The Bertz CT molecular complexity index is 1510. The van der Waals surface area contributed by atoms with Crippen LogP contribution in [0.1, 0.15) is 38.9 Å². The molecule has 1 amide bonds. The standard InChI is InChI=1S/C29H25N3O4S/c1-17-7-9-21(10-8-17)25-24(27(34)28(35)32(25)29-31-30-19(3)37-29)26(33)22-11-13-23(14-12-22)36-16-20-6-4-5-18(2)15-20/h4-15,25,33H,16H2,1-3H3. The summed E-state index contributed by atoms with van der Waals surface area (Å²) in [6.07, 6.45) is 0. The number of Topliss-reactive ketones (excluding diaryl/α,β-unsaturated/α-hetero) is 1. The number of anilines is 1. The van der Waals surface area contributed by atoms with E-state index in [1.54, 1.807) is 31.2 Å². The van der Waals surface area contributed by atoms with E-state index in [0.29, 0.717) is 33.6 Å². The van der Waals surface area contributed by atoms with Crippen molar-refractivity contribution in [3.05, 3.63) is 111 Å². The number of aliphatic hydroxyl groups is 1. The number of hydrogen-bond donors (Lipinski definition) is 1. The molecule has 8 heteroatoms. The average Bonchev–Trinajstić information content (AvgIpc) is 3.43. The molecule has 1 fully saturated rings. The Kier molecular flexibility index (Phi) is 6.58. The minimum atomic E-state index is -0.829. The van der Waals surface area contributed by atoms with Crippen LogP contribution < -0.4 is 9.64 Å². The summed E-state index contributed by atoms with van der Waals surface area (Å²) in [5.41, 5.74) is 4.36. The van der Waals surface area contributed by atoms with Crippen LogP contribution in [0.25, 0.3) is 5.76 Å². The van der Waals surface area contributed by atoms with Gasteiger partial charge in [-0.05, 0) is 56.2 Å². The summed E-state index contributed by atoms with van der Waals surface area (Å²) in [6.45, 7) is 6.17. The lowest BCUT2D eigenvalue weighted by molar-refractivity contribution is -0.132. The molecule has 2 heterocycles. The average molecular weight is 512 g/mol. The van der Waals surface area contributed by atoms with E-state index in [4.69, 9.17) is 4.74 Å². The molecule has 3 aromatic carbocycles. The molecule has 37 heavy (non-hydrogen) atoms. The molecule has 0 saturated carbocycles. The fourth-order valence-corrected chi connectivity index (χ4v) is 5.02. The smallest absolute Gasteiger partial charge is 0.301 e. The lowest BCUT2D eigenvalue weighted by Gasteiger charge is -2.22. The maximum atomic E-state index is 13.2. The Labute approximate surface area is 218 Å². The van der Waals surface area contributed by atoms with Crippen LogP contribution in [0.4, 0.5) is 5.13 Å². The number of carbonyl (C=O) groups excluding carboxylic acids is 2. The molecule has 1 atom stereocenters. The highest BCUT2D eigenvalue weighted by Gasteiger charge is 2.48. The van der Waals surface area contributed by atoms with Crippen LogP contribution in [0.15, 0.2) is 78.4 Å². The Morgan fingerprint density at radius 2 is 1.68 bits per heavy atom. The zero-order valence-corrected chi connectivity index (χ0v) is 21.5. The van der Waals surface area contributed by atoms with E-state index in [1.165, 1.54) is 16.2 Å². The summed E-state index contributed by atoms with van der Waals surface area (Å²) in [5.74, 6) is -1.15. The van der Waals surface area contributed by atoms with E-state index >= 15 is 0 Å². The Hall–Kier alpha value is -4.30. The SMILES string of the molecule is Cc1ccc(C2C(=C(O)c3ccc(OCc4cccc(C)c4)cc3)C(=O)C(=O)N2c2nnc(C)s2)cc1. The maximum absolute atomic E-state index is 13.2. The van der Waals surface area contributed by atoms with Crippen LogP contribution >= 0.6 is 11.3 Å². The van der Waals surface area contributed by atoms with Crippen LogP contribution in [0.2, 0.25) is 0 Å². The van der Waals surface area contributed by atoms with Crippen molar-refractivity contribution in [2.24, 2.45) is 0 Å². The van der Waals surface area contributed by atoms with Gasteiger partial charge in [-0.25, -0.2) is 0 Å². The van der Waals surface area contributed by atoms with Gasteiger partial charge in [0.25, 0.3) is 5.78 Å². The van der Waals surface area contributed by atoms with Crippen molar-refractivity contribution in [2.45, 2.75) is 33.4 Å². The molecule has 1 unspecified atom stereocenters. The number of hydrogen-bond acceptors (Lipinski definition) is 7. The van der Waals surface area contributed by atoms with E-state index in [9.17, 15) is 14.7 Å². The quantitative estimate of drug-likeness (QED) is 0.204. The molecule has 1 N–H and O–H groups in total. The molecule has 0 aliphatic carbocycles. The van der Waals surface area contributed by atoms with Gasteiger partial charge in [-0.2, -0.15) is 0 Å². The molecular formula is C29H25N3O4S. The van der Waals surface area contributed by atoms with Crippen molar-refractivity contribution >= 4 is 33.9 Å². The molecule has 1 aliphatic rings. The lowest BCUT2D eigenvalue weighted by Crippen LogP contribution is -2.29. The molecule has 5 rings (SSSR count). The molecule has 186 valence electrons. The number of benzene rings is 3. The summed E-state index contributed by atoms with van der Waals surface area (Å²) in [6, 6.07) is 21.6. The van der Waals surface area contributed by atoms with Gasteiger partial charge in [0.2, 0.25) is 5.13 Å². The zero-order chi connectivity index (χ0) is 26.1. The van der Waals surface area contributed by atoms with Crippen LogP contribution in [-0.4, -0.2) is 27.0 Å². The van der Waals surface area contributed by atoms with Crippen molar-refractivity contribution in [3.63, 3.8) is 0 Å². The van der Waals surface area contributed by atoms with Gasteiger partial charge in [0.05, 0.1) is 11.6 Å². The van der Waals surface area contributed by atoms with Crippen molar-refractivity contribution in [3.8, 4) is 5.75 Å². The highest BCUT2D eigenvalue weighted by atomic mass is 32.1. The van der Waals surface area contributed by atoms with Crippen molar-refractivity contribution < 1.29 is 19.4 Å². The molecule has 7 nitrogen and oxygen atoms in total. The van der Waals surface area contributed by atoms with Gasteiger partial charge in [0.1, 0.15) is 23.1 Å². The number of aliphatic hydroxyl groups excluding tert-OH is 1. The molecule has 1 aliphatic heterocycles. The predicted octanol–water partition coefficient (Wildman–Crippen LogP) is 5.67. The summed E-state index contributed by atoms with van der Waals surface area (Å²) in [5, 5.41) is 20.4. The number of carbonyl (C=O) groups is 2. The predicted molar refractivity (Wildman–Crippen MR) is 143 cm³/mol. The minimum absolute atomic E-state index is 0.00938. The third-order valence-corrected chi connectivity index (χ3v) is 7.01. The number of rotatable bonds is 6. The number of ether oxygens (including phenoxy) is 1. The van der Waals surface area contributed by atoms with E-state index in [1.807, 2.05) is 56.3 Å². The molecule has 1 aromatic heterocycles. The van der Waals surface area contributed by atoms with Gasteiger partial charge < -0.3 is 9.84 Å². The molecule has 0 spiro atoms. The number of nitrogens with zero attached hydrogens (tertiary/aromatic N) is 3. The second-order valence-corrected chi connectivity index (χ2v) is 10.1. The molecule has 0 radical (unpaired) electrons. The van der Waals surface area contributed by atoms with Gasteiger partial charge in [0.15, 0.2) is 0 Å². The van der Waals surface area contributed by atoms with Crippen molar-refractivity contribution in [1.29, 1.82) is 0 Å². The van der Waals surface area contributed by atoms with Gasteiger partial charge >= 0.3 is 5.91 Å². The largest absolute Gasteiger partial charge is 0.507 e. The summed E-state index contributed by atoms with van der Waals surface area (Å²) in [7, 11) is 0. The topological polar surface area (TPSA) is 92.6 Å². The van der Waals surface area contributed by atoms with E-state index < -0.39 is 17.7 Å². The summed E-state index contributed by atoms with van der Waals surface area (Å²) < 4.78 is 5.88. The van der Waals surface area contributed by atoms with Gasteiger partial charge in [-0.3, -0.25) is 14.5 Å². The van der Waals surface area contributed by atoms with Crippen molar-refractivity contribution in [1.82, 2.24) is 10.2 Å². The molecule has 0 bridgehead atoms. The van der Waals surface area contributed by atoms with Crippen LogP contribution in [0.3, 0.4) is 0 Å². The lowest BCUT2D eigenvalue weighted by atomic mass is 9.95. The second-order valence-electron chi connectivity index (χ2n) is 8.99. The van der Waals surface area contributed by atoms with Gasteiger partial charge in [0, 0.05) is 5.56 Å². The fraction of sp³-hybridized carbons (Fsp3) is 0.172. The maximum Gasteiger partial charge on any atom is 0.301 e. The van der Waals surface area contributed by atoms with Crippen LogP contribution in [0.5, 0.6) is 5.75 Å². The fourth-order valence-electron chi connectivity index (χ4n) is 4.31. The zero-order valence-electron chi connectivity index (χ0n) is 20.6. The first-order valence-electron chi connectivity index (χ1n) is 11.8. The summed E-state index contributed by atoms with van der Waals surface area (Å²) >= 11 is 1.22. The van der Waals surface area contributed by atoms with Crippen LogP contribution in [-0.2, 0) is 16.2 Å². The van der Waals surface area contributed by atoms with Gasteiger partial charge in [-0.1, -0.05) is 71.0 Å². The monoisotopic (exact) mass is 511 g/mol. The van der Waals surface area contributed by atoms with E-state index in [-0.39, 0.29) is 11.3 Å². The third kappa shape index (κ3) is 4.88. The number of ketones is 1. The number of aromatic nitrogens is 2. The molecular weight excluding hydrogens is 486 g/mol.